The van der Waals surface area contributed by atoms with Crippen molar-refractivity contribution in [2.75, 3.05) is 19.7 Å². The first-order chi connectivity index (χ1) is 11.7. The maximum atomic E-state index is 12.4. The molecule has 124 valence electrons. The number of pyridine rings is 1. The molecular weight excluding hydrogens is 322 g/mol. The molecule has 0 saturated carbocycles. The number of ether oxygens (including phenoxy) is 1. The molecule has 24 heavy (non-hydrogen) atoms. The summed E-state index contributed by atoms with van der Waals surface area (Å²) in [7, 11) is 0. The number of carbonyl (C=O) groups is 1. The van der Waals surface area contributed by atoms with Gasteiger partial charge < -0.3 is 9.64 Å². The quantitative estimate of drug-likeness (QED) is 0.856. The lowest BCUT2D eigenvalue weighted by molar-refractivity contribution is 0.0664. The smallest absolute Gasteiger partial charge is 0.263 e. The van der Waals surface area contributed by atoms with Gasteiger partial charge in [0.1, 0.15) is 0 Å². The molecule has 0 spiro atoms. The zero-order valence-corrected chi connectivity index (χ0v) is 14.4. The van der Waals surface area contributed by atoms with Gasteiger partial charge in [0.2, 0.25) is 5.88 Å². The van der Waals surface area contributed by atoms with Crippen molar-refractivity contribution in [1.82, 2.24) is 9.88 Å². The monoisotopic (exact) mass is 341 g/mol. The summed E-state index contributed by atoms with van der Waals surface area (Å²) < 4.78 is 5.71. The number of aromatic nitrogens is 1. The van der Waals surface area contributed by atoms with E-state index in [0.29, 0.717) is 24.0 Å². The van der Waals surface area contributed by atoms with E-state index >= 15 is 0 Å². The topological polar surface area (TPSA) is 66.2 Å². The number of hydrogen-bond donors (Lipinski definition) is 0. The minimum Gasteiger partial charge on any atom is -0.477 e. The average molecular weight is 341 g/mol. The Morgan fingerprint density at radius 2 is 2.25 bits per heavy atom. The zero-order valence-electron chi connectivity index (χ0n) is 13.6. The van der Waals surface area contributed by atoms with Crippen LogP contribution >= 0.6 is 11.3 Å². The van der Waals surface area contributed by atoms with Crippen molar-refractivity contribution in [2.24, 2.45) is 5.92 Å². The molecule has 1 saturated heterocycles. The van der Waals surface area contributed by atoms with E-state index in [1.807, 2.05) is 23.3 Å². The summed E-state index contributed by atoms with van der Waals surface area (Å²) in [6.45, 7) is 4.10. The maximum absolute atomic E-state index is 12.4. The third kappa shape index (κ3) is 3.92. The minimum absolute atomic E-state index is 0.135. The van der Waals surface area contributed by atoms with Crippen LogP contribution in [0.1, 0.15) is 33.6 Å². The molecule has 3 heterocycles. The number of aryl methyl sites for hydroxylation is 1. The number of nitriles is 1. The molecule has 0 aliphatic carbocycles. The van der Waals surface area contributed by atoms with Crippen molar-refractivity contribution in [3.8, 4) is 11.9 Å². The number of thiophene rings is 1. The predicted octanol–water partition coefficient (Wildman–Crippen LogP) is 3.25. The standard InChI is InChI=1S/C18H19N3O2S/c1-13-8-16(24-12-13)18(22)21-6-3-14(4-7-21)11-23-17-9-15(10-19)2-5-20-17/h2,5,8-9,12,14H,3-4,6-7,11H2,1H3. The fourth-order valence-corrected chi connectivity index (χ4v) is 3.63. The number of rotatable bonds is 4. The van der Waals surface area contributed by atoms with Gasteiger partial charge in [0.15, 0.2) is 0 Å². The van der Waals surface area contributed by atoms with Crippen molar-refractivity contribution >= 4 is 17.2 Å². The highest BCUT2D eigenvalue weighted by molar-refractivity contribution is 7.12. The Morgan fingerprint density at radius 3 is 2.92 bits per heavy atom. The van der Waals surface area contributed by atoms with Gasteiger partial charge in [-0.25, -0.2) is 4.98 Å². The van der Waals surface area contributed by atoms with Crippen LogP contribution in [0.5, 0.6) is 5.88 Å². The molecule has 6 heteroatoms. The van der Waals surface area contributed by atoms with Gasteiger partial charge in [0, 0.05) is 25.4 Å². The molecule has 0 bridgehead atoms. The van der Waals surface area contributed by atoms with Gasteiger partial charge in [0.05, 0.1) is 23.1 Å². The lowest BCUT2D eigenvalue weighted by Crippen LogP contribution is -2.39. The summed E-state index contributed by atoms with van der Waals surface area (Å²) in [5.74, 6) is 1.03. The van der Waals surface area contributed by atoms with E-state index < -0.39 is 0 Å². The summed E-state index contributed by atoms with van der Waals surface area (Å²) in [4.78, 5) is 19.3. The van der Waals surface area contributed by atoms with Gasteiger partial charge in [-0.1, -0.05) is 0 Å². The van der Waals surface area contributed by atoms with Crippen molar-refractivity contribution < 1.29 is 9.53 Å². The van der Waals surface area contributed by atoms with Crippen LogP contribution in [-0.2, 0) is 0 Å². The van der Waals surface area contributed by atoms with Crippen LogP contribution in [0.2, 0.25) is 0 Å². The number of carbonyl (C=O) groups excluding carboxylic acids is 1. The fraction of sp³-hybridized carbons (Fsp3) is 0.389. The summed E-state index contributed by atoms with van der Waals surface area (Å²) in [6, 6.07) is 7.34. The van der Waals surface area contributed by atoms with Crippen molar-refractivity contribution in [3.63, 3.8) is 0 Å². The average Bonchev–Trinajstić information content (AvgIpc) is 3.06. The highest BCUT2D eigenvalue weighted by atomic mass is 32.1. The molecule has 0 N–H and O–H groups in total. The van der Waals surface area contributed by atoms with Gasteiger partial charge in [-0.2, -0.15) is 5.26 Å². The molecule has 0 unspecified atom stereocenters. The van der Waals surface area contributed by atoms with Crippen LogP contribution < -0.4 is 4.74 Å². The molecule has 3 rings (SSSR count). The fourth-order valence-electron chi connectivity index (χ4n) is 2.76. The molecule has 0 radical (unpaired) electrons. The largest absolute Gasteiger partial charge is 0.477 e. The second-order valence-corrected chi connectivity index (χ2v) is 6.94. The Bertz CT molecular complexity index is 758. The van der Waals surface area contributed by atoms with Crippen LogP contribution in [0, 0.1) is 24.2 Å². The van der Waals surface area contributed by atoms with Crippen LogP contribution in [0.15, 0.2) is 29.8 Å². The van der Waals surface area contributed by atoms with E-state index in [0.717, 1.165) is 36.4 Å². The first-order valence-corrected chi connectivity index (χ1v) is 8.87. The predicted molar refractivity (Wildman–Crippen MR) is 92.1 cm³/mol. The number of likely N-dealkylation sites (tertiary alicyclic amines) is 1. The number of piperidine rings is 1. The number of hydrogen-bond acceptors (Lipinski definition) is 5. The van der Waals surface area contributed by atoms with Gasteiger partial charge in [-0.3, -0.25) is 4.79 Å². The van der Waals surface area contributed by atoms with Crippen LogP contribution in [-0.4, -0.2) is 35.5 Å². The molecule has 1 aliphatic rings. The van der Waals surface area contributed by atoms with Crippen molar-refractivity contribution in [1.29, 1.82) is 5.26 Å². The Hall–Kier alpha value is -2.39. The van der Waals surface area contributed by atoms with Crippen LogP contribution in [0.4, 0.5) is 0 Å². The number of amides is 1. The van der Waals surface area contributed by atoms with Gasteiger partial charge >= 0.3 is 0 Å². The Morgan fingerprint density at radius 1 is 1.46 bits per heavy atom. The zero-order chi connectivity index (χ0) is 16.9. The first-order valence-electron chi connectivity index (χ1n) is 7.99. The summed E-state index contributed by atoms with van der Waals surface area (Å²) in [5.41, 5.74) is 1.69. The lowest BCUT2D eigenvalue weighted by atomic mass is 9.97. The van der Waals surface area contributed by atoms with E-state index in [2.05, 4.69) is 11.1 Å². The van der Waals surface area contributed by atoms with E-state index in [1.165, 1.54) is 11.3 Å². The third-order valence-corrected chi connectivity index (χ3v) is 5.21. The highest BCUT2D eigenvalue weighted by Crippen LogP contribution is 2.22. The summed E-state index contributed by atoms with van der Waals surface area (Å²) in [6.07, 6.45) is 3.43. The molecule has 2 aromatic rings. The van der Waals surface area contributed by atoms with E-state index in [-0.39, 0.29) is 5.91 Å². The Kier molecular flexibility index (Phi) is 5.11. The van der Waals surface area contributed by atoms with E-state index in [4.69, 9.17) is 10.00 Å². The highest BCUT2D eigenvalue weighted by Gasteiger charge is 2.24. The van der Waals surface area contributed by atoms with E-state index in [9.17, 15) is 4.79 Å². The normalized spacial score (nSPS) is 15.1. The number of nitrogens with zero attached hydrogens (tertiary/aromatic N) is 3. The molecule has 1 fully saturated rings. The Balaban J connectivity index is 1.48. The molecule has 2 aromatic heterocycles. The van der Waals surface area contributed by atoms with Crippen molar-refractivity contribution in [3.05, 3.63) is 45.8 Å². The first kappa shape index (κ1) is 16.5. The molecule has 1 amide bonds. The van der Waals surface area contributed by atoms with Crippen LogP contribution in [0.3, 0.4) is 0 Å². The summed E-state index contributed by atoms with van der Waals surface area (Å²) in [5, 5.41) is 10.9. The Labute approximate surface area is 145 Å². The SMILES string of the molecule is Cc1csc(C(=O)N2CCC(COc3cc(C#N)ccn3)CC2)c1. The van der Waals surface area contributed by atoms with Gasteiger partial charge in [-0.05, 0) is 48.8 Å². The second-order valence-electron chi connectivity index (χ2n) is 6.03. The van der Waals surface area contributed by atoms with Gasteiger partial charge in [-0.15, -0.1) is 11.3 Å². The lowest BCUT2D eigenvalue weighted by Gasteiger charge is -2.31. The molecule has 0 aromatic carbocycles. The molecule has 5 nitrogen and oxygen atoms in total. The van der Waals surface area contributed by atoms with Gasteiger partial charge in [0.25, 0.3) is 5.91 Å². The maximum Gasteiger partial charge on any atom is 0.263 e. The van der Waals surface area contributed by atoms with E-state index in [1.54, 1.807) is 18.3 Å². The molecule has 0 atom stereocenters. The summed E-state index contributed by atoms with van der Waals surface area (Å²) >= 11 is 1.51. The minimum atomic E-state index is 0.135. The third-order valence-electron chi connectivity index (χ3n) is 4.17. The molecule has 1 aliphatic heterocycles. The molecular formula is C18H19N3O2S. The van der Waals surface area contributed by atoms with Crippen molar-refractivity contribution in [2.45, 2.75) is 19.8 Å². The van der Waals surface area contributed by atoms with Crippen LogP contribution in [0.25, 0.3) is 0 Å². The second kappa shape index (κ2) is 7.45.